The topological polar surface area (TPSA) is 0 Å². The van der Waals surface area contributed by atoms with Crippen LogP contribution in [0.4, 0.5) is 0 Å². The molecule has 0 saturated carbocycles. The summed E-state index contributed by atoms with van der Waals surface area (Å²) in [6.07, 6.45) is 0. The van der Waals surface area contributed by atoms with Gasteiger partial charge in [0.1, 0.15) is 0 Å². The van der Waals surface area contributed by atoms with Gasteiger partial charge in [-0.25, -0.2) is 0 Å². The van der Waals surface area contributed by atoms with Crippen LogP contribution in [0.5, 0.6) is 0 Å². The number of hydrogen-bond donors (Lipinski definition) is 0. The predicted molar refractivity (Wildman–Crippen MR) is 144 cm³/mol. The summed E-state index contributed by atoms with van der Waals surface area (Å²) in [5.74, 6) is 0. The van der Waals surface area contributed by atoms with Crippen molar-refractivity contribution in [3.63, 3.8) is 0 Å². The first-order valence-electron chi connectivity index (χ1n) is 0. The van der Waals surface area contributed by atoms with Crippen molar-refractivity contribution < 1.29 is 17.1 Å². The molecule has 0 bridgehead atoms. The monoisotopic (exact) mass is 2910 g/mol. The predicted octanol–water partition coefficient (Wildman–Crippen LogP) is -9.52. The fourth-order valence-electron chi connectivity index (χ4n) is 0. The van der Waals surface area contributed by atoms with Crippen LogP contribution in [-0.2, 0) is 17.1 Å². The van der Waals surface area contributed by atoms with Crippen LogP contribution in [0.25, 0.3) is 0 Å². The Bertz CT molecular complexity index is 30.9. The smallest absolute Gasteiger partial charge is 0 e. The summed E-state index contributed by atoms with van der Waals surface area (Å²) in [5.41, 5.74) is 0. The maximum atomic E-state index is 0. The average molecular weight is 2910 g/mol. The van der Waals surface area contributed by atoms with E-state index in [4.69, 9.17) is 0 Å². The van der Waals surface area contributed by atoms with Crippen LogP contribution in [0.3, 0.4) is 0 Å². The van der Waals surface area contributed by atoms with Crippen molar-refractivity contribution >= 4 is 817 Å². The van der Waals surface area contributed by atoms with Crippen molar-refractivity contribution in [2.45, 2.75) is 0 Å². The molecule has 0 rings (SSSR count). The third-order valence-corrected chi connectivity index (χ3v) is 0. The Morgan fingerprint density at radius 2 is 0.115 bits per heavy atom. The molecule has 0 saturated heterocycles. The molecule has 0 atom stereocenters. The van der Waals surface area contributed by atoms with Crippen LogP contribution in [0.15, 0.2) is 0 Å². The molecule has 90 valence electrons. The summed E-state index contributed by atoms with van der Waals surface area (Å²) in [6.45, 7) is 0. The number of hydrogen-bond acceptors (Lipinski definition) is 0. The van der Waals surface area contributed by atoms with Crippen LogP contribution in [-0.4, -0.2) is 817 Å². The van der Waals surface area contributed by atoms with Crippen molar-refractivity contribution in [3.8, 4) is 0 Å². The minimum Gasteiger partial charge on any atom is 0 e. The molecule has 0 aromatic rings. The second-order valence-electron chi connectivity index (χ2n) is 0. The van der Waals surface area contributed by atoms with E-state index in [1.807, 2.05) is 0 Å². The molecule has 26 heavy (non-hydrogen) atoms. The second kappa shape index (κ2) is 183. The summed E-state index contributed by atoms with van der Waals surface area (Å²) in [7, 11) is 0. The quantitative estimate of drug-likeness (QED) is 0.212. The van der Waals surface area contributed by atoms with E-state index >= 15 is 0 Å². The molecular formula is Bi11Ca14Mn. The third kappa shape index (κ3) is 173. The molecule has 0 unspecified atom stereocenters. The fraction of sp³-hybridized carbons (Fsp3) is 0. The summed E-state index contributed by atoms with van der Waals surface area (Å²) >= 11 is 0. The van der Waals surface area contributed by atoms with E-state index in [1.54, 1.807) is 0 Å². The van der Waals surface area contributed by atoms with Gasteiger partial charge in [-0.3, -0.25) is 0 Å². The largest absolute Gasteiger partial charge is 0 e. The minimum absolute atomic E-state index is 0. The first-order chi connectivity index (χ1) is 0. The van der Waals surface area contributed by atoms with Crippen molar-refractivity contribution in [1.29, 1.82) is 0 Å². The van der Waals surface area contributed by atoms with Crippen molar-refractivity contribution in [1.82, 2.24) is 0 Å². The van der Waals surface area contributed by atoms with Crippen LogP contribution < -0.4 is 0 Å². The molecule has 0 aliphatic carbocycles. The molecule has 0 fully saturated rings. The Morgan fingerprint density at radius 3 is 0.115 bits per heavy atom. The molecule has 0 aliphatic rings. The molecule has 0 nitrogen and oxygen atoms in total. The minimum atomic E-state index is 0. The van der Waals surface area contributed by atoms with Crippen molar-refractivity contribution in [2.24, 2.45) is 0 Å². The van der Waals surface area contributed by atoms with Gasteiger partial charge in [-0.15, -0.1) is 0 Å². The van der Waals surface area contributed by atoms with Gasteiger partial charge in [0, 0.05) is 834 Å². The normalized spacial score (nSPS) is 0. The SMILES string of the molecule is [Bi].[Bi].[Bi].[Bi].[Bi].[Bi].[Bi].[Bi].[Bi].[Bi].[Bi].[Ca].[Ca].[Ca].[Ca].[Ca].[Ca].[Ca].[Ca].[Ca].[Ca].[Ca].[Ca].[Ca].[Ca].[Mn]. The van der Waals surface area contributed by atoms with E-state index in [0.717, 1.165) is 0 Å². The molecule has 0 aliphatic heterocycles. The van der Waals surface area contributed by atoms with Gasteiger partial charge in [-0.2, -0.15) is 0 Å². The molecule has 0 aromatic heterocycles. The number of rotatable bonds is 0. The van der Waals surface area contributed by atoms with Gasteiger partial charge in [-0.05, 0) is 0 Å². The summed E-state index contributed by atoms with van der Waals surface area (Å²) in [6, 6.07) is 0. The molecule has 0 N–H and O–H groups in total. The van der Waals surface area contributed by atoms with Crippen LogP contribution >= 0.6 is 0 Å². The maximum absolute atomic E-state index is 0. The first-order valence-corrected chi connectivity index (χ1v) is 0. The Kier molecular flexibility index (Phi) is 1370. The van der Waals surface area contributed by atoms with Crippen LogP contribution in [0.2, 0.25) is 0 Å². The molecule has 0 aromatic carbocycles. The first kappa shape index (κ1) is 194. The van der Waals surface area contributed by atoms with Crippen molar-refractivity contribution in [3.05, 3.63) is 0 Å². The van der Waals surface area contributed by atoms with E-state index in [9.17, 15) is 0 Å². The zero-order valence-corrected chi connectivity index (χ0v) is 85.5. The summed E-state index contributed by atoms with van der Waals surface area (Å²) in [5, 5.41) is 0. The standard InChI is InChI=1S/11Bi.14Ca.Mn. The molecule has 26 heteroatoms. The van der Waals surface area contributed by atoms with E-state index in [2.05, 4.69) is 0 Å². The summed E-state index contributed by atoms with van der Waals surface area (Å²) < 4.78 is 0. The fourth-order valence-corrected chi connectivity index (χ4v) is 0. The average Bonchev–Trinajstić information content (AvgIpc) is 0. The van der Waals surface area contributed by atoms with Crippen LogP contribution in [0.1, 0.15) is 0 Å². The van der Waals surface area contributed by atoms with E-state index in [-0.39, 0.29) is 834 Å². The summed E-state index contributed by atoms with van der Waals surface area (Å²) in [4.78, 5) is 0. The van der Waals surface area contributed by atoms with E-state index in [1.165, 1.54) is 0 Å². The molecule has 0 heterocycles. The van der Waals surface area contributed by atoms with Gasteiger partial charge >= 0.3 is 0 Å². The maximum Gasteiger partial charge on any atom is 0 e. The van der Waals surface area contributed by atoms with E-state index in [0.29, 0.717) is 0 Å². The van der Waals surface area contributed by atoms with Gasteiger partial charge in [0.2, 0.25) is 0 Å². The van der Waals surface area contributed by atoms with Gasteiger partial charge in [0.25, 0.3) is 0 Å². The molecule has 0 spiro atoms. The Hall–Kier alpha value is 27.9. The third-order valence-electron chi connectivity index (χ3n) is 0. The van der Waals surface area contributed by atoms with Gasteiger partial charge in [0.05, 0.1) is 0 Å². The van der Waals surface area contributed by atoms with Crippen molar-refractivity contribution in [2.75, 3.05) is 0 Å². The second-order valence-corrected chi connectivity index (χ2v) is 0. The zero-order chi connectivity index (χ0) is 0. The van der Waals surface area contributed by atoms with Gasteiger partial charge in [0.15, 0.2) is 0 Å². The Balaban J connectivity index is 0. The molecule has 62 radical (unpaired) electrons. The Labute approximate surface area is 801 Å². The zero-order valence-electron chi connectivity index (χ0n) is 15.2. The van der Waals surface area contributed by atoms with E-state index < -0.39 is 0 Å². The Morgan fingerprint density at radius 1 is 0.115 bits per heavy atom. The van der Waals surface area contributed by atoms with Crippen LogP contribution in [0, 0.1) is 0 Å². The van der Waals surface area contributed by atoms with Gasteiger partial charge < -0.3 is 0 Å². The molecular weight excluding hydrogens is 2910 g/mol. The van der Waals surface area contributed by atoms with Gasteiger partial charge in [-0.1, -0.05) is 0 Å². The molecule has 0 amide bonds.